The van der Waals surface area contributed by atoms with Crippen molar-refractivity contribution < 1.29 is 20.1 Å². The Hall–Kier alpha value is -2.33. The lowest BCUT2D eigenvalue weighted by Gasteiger charge is -2.22. The van der Waals surface area contributed by atoms with Crippen LogP contribution >= 0.6 is 0 Å². The molecule has 1 aromatic heterocycles. The monoisotopic (exact) mass is 406 g/mol. The molecule has 0 aliphatic carbocycles. The smallest absolute Gasteiger partial charge is 0.282 e. The van der Waals surface area contributed by atoms with Crippen LogP contribution in [0, 0.1) is 13.8 Å². The summed E-state index contributed by atoms with van der Waals surface area (Å²) in [6.45, 7) is 5.79. The molecular weight excluding hydrogens is 376 g/mol. The number of fused-ring (bicyclic) bond motifs is 1. The summed E-state index contributed by atoms with van der Waals surface area (Å²) in [4.78, 5) is 31.7. The number of aliphatic hydroxyl groups excluding tert-OH is 3. The number of amides is 1. The van der Waals surface area contributed by atoms with Gasteiger partial charge in [0.15, 0.2) is 5.69 Å². The molecule has 1 heterocycles. The van der Waals surface area contributed by atoms with Crippen LogP contribution in [0.2, 0.25) is 0 Å². The number of nitrogens with one attached hydrogen (secondary N) is 1. The van der Waals surface area contributed by atoms with E-state index in [0.717, 1.165) is 11.1 Å². The molecule has 0 fully saturated rings. The van der Waals surface area contributed by atoms with Crippen LogP contribution in [0.15, 0.2) is 16.9 Å². The van der Waals surface area contributed by atoms with Gasteiger partial charge in [-0.15, -0.1) is 0 Å². The SMILES string of the molecule is Cc1cc2nc(C(=O)NCCN(C)C)c(=O)n(C[C@H](O)[C@H](O)[C@@H](C)O)c2cc1C. The molecule has 0 bridgehead atoms. The van der Waals surface area contributed by atoms with E-state index in [4.69, 9.17) is 0 Å². The second kappa shape index (κ2) is 9.45. The number of benzene rings is 1. The van der Waals surface area contributed by atoms with Gasteiger partial charge in [-0.05, 0) is 58.1 Å². The number of carbonyl (C=O) groups is 1. The quantitative estimate of drug-likeness (QED) is 0.461. The Bertz CT molecular complexity index is 939. The lowest BCUT2D eigenvalue weighted by molar-refractivity contribution is -0.0572. The third-order valence-corrected chi connectivity index (χ3v) is 4.88. The maximum absolute atomic E-state index is 13.0. The molecule has 2 rings (SSSR count). The van der Waals surface area contributed by atoms with Gasteiger partial charge in [0.05, 0.1) is 23.7 Å². The van der Waals surface area contributed by atoms with E-state index in [1.165, 1.54) is 11.5 Å². The van der Waals surface area contributed by atoms with E-state index >= 15 is 0 Å². The number of hydrogen-bond donors (Lipinski definition) is 4. The molecule has 9 nitrogen and oxygen atoms in total. The first kappa shape index (κ1) is 23.0. The number of rotatable bonds is 8. The van der Waals surface area contributed by atoms with Gasteiger partial charge in [-0.2, -0.15) is 0 Å². The lowest BCUT2D eigenvalue weighted by atomic mass is 10.1. The van der Waals surface area contributed by atoms with Crippen molar-refractivity contribution in [3.8, 4) is 0 Å². The zero-order valence-corrected chi connectivity index (χ0v) is 17.5. The Kier molecular flexibility index (Phi) is 7.48. The third kappa shape index (κ3) is 5.39. The van der Waals surface area contributed by atoms with Gasteiger partial charge in [-0.25, -0.2) is 4.98 Å². The highest BCUT2D eigenvalue weighted by molar-refractivity contribution is 5.94. The number of likely N-dealkylation sites (N-methyl/N-ethyl adjacent to an activating group) is 1. The van der Waals surface area contributed by atoms with Gasteiger partial charge in [-0.1, -0.05) is 0 Å². The highest BCUT2D eigenvalue weighted by Gasteiger charge is 2.25. The molecule has 0 spiro atoms. The van der Waals surface area contributed by atoms with Crippen LogP contribution in [0.5, 0.6) is 0 Å². The third-order valence-electron chi connectivity index (χ3n) is 4.88. The molecule has 0 saturated carbocycles. The van der Waals surface area contributed by atoms with Gasteiger partial charge in [-0.3, -0.25) is 9.59 Å². The van der Waals surface area contributed by atoms with E-state index in [2.05, 4.69) is 10.3 Å². The van der Waals surface area contributed by atoms with Crippen molar-refractivity contribution in [1.82, 2.24) is 19.8 Å². The van der Waals surface area contributed by atoms with Crippen LogP contribution in [-0.2, 0) is 6.54 Å². The molecule has 9 heteroatoms. The van der Waals surface area contributed by atoms with Gasteiger partial charge in [0, 0.05) is 13.1 Å². The summed E-state index contributed by atoms with van der Waals surface area (Å²) in [6, 6.07) is 3.53. The minimum atomic E-state index is -1.44. The predicted octanol–water partition coefficient (Wildman–Crippen LogP) is -0.593. The van der Waals surface area contributed by atoms with Crippen molar-refractivity contribution in [2.75, 3.05) is 27.2 Å². The number of aromatic nitrogens is 2. The molecule has 0 aliphatic rings. The molecule has 4 N–H and O–H groups in total. The fourth-order valence-corrected chi connectivity index (χ4v) is 2.92. The first-order valence-electron chi connectivity index (χ1n) is 9.51. The maximum atomic E-state index is 13.0. The maximum Gasteiger partial charge on any atom is 0.282 e. The summed E-state index contributed by atoms with van der Waals surface area (Å²) >= 11 is 0. The Morgan fingerprint density at radius 2 is 1.83 bits per heavy atom. The summed E-state index contributed by atoms with van der Waals surface area (Å²) in [5.74, 6) is -0.601. The molecule has 3 atom stereocenters. The van der Waals surface area contributed by atoms with Crippen molar-refractivity contribution in [2.24, 2.45) is 0 Å². The average Bonchev–Trinajstić information content (AvgIpc) is 2.64. The first-order chi connectivity index (χ1) is 13.5. The van der Waals surface area contributed by atoms with E-state index in [9.17, 15) is 24.9 Å². The fraction of sp³-hybridized carbons (Fsp3) is 0.550. The summed E-state index contributed by atoms with van der Waals surface area (Å²) in [6.07, 6.45) is -4.01. The number of aliphatic hydroxyl groups is 3. The Morgan fingerprint density at radius 3 is 2.41 bits per heavy atom. The minimum absolute atomic E-state index is 0.279. The van der Waals surface area contributed by atoms with Gasteiger partial charge in [0.2, 0.25) is 0 Å². The van der Waals surface area contributed by atoms with Crippen molar-refractivity contribution in [3.63, 3.8) is 0 Å². The molecule has 0 radical (unpaired) electrons. The topological polar surface area (TPSA) is 128 Å². The van der Waals surface area contributed by atoms with E-state index in [1.54, 1.807) is 12.1 Å². The molecule has 1 amide bonds. The largest absolute Gasteiger partial charge is 0.391 e. The summed E-state index contributed by atoms with van der Waals surface area (Å²) in [5, 5.41) is 32.4. The zero-order chi connectivity index (χ0) is 21.9. The number of carbonyl (C=O) groups excluding carboxylic acids is 1. The molecule has 29 heavy (non-hydrogen) atoms. The predicted molar refractivity (Wildman–Crippen MR) is 110 cm³/mol. The number of nitrogens with zero attached hydrogens (tertiary/aromatic N) is 3. The van der Waals surface area contributed by atoms with Crippen LogP contribution in [0.4, 0.5) is 0 Å². The molecule has 1 aromatic carbocycles. The molecule has 2 aromatic rings. The minimum Gasteiger partial charge on any atom is -0.391 e. The van der Waals surface area contributed by atoms with E-state index < -0.39 is 29.8 Å². The number of hydrogen-bond acceptors (Lipinski definition) is 7. The van der Waals surface area contributed by atoms with Crippen LogP contribution in [0.1, 0.15) is 28.5 Å². The lowest BCUT2D eigenvalue weighted by Crippen LogP contribution is -2.42. The highest BCUT2D eigenvalue weighted by atomic mass is 16.4. The van der Waals surface area contributed by atoms with E-state index in [-0.39, 0.29) is 12.2 Å². The van der Waals surface area contributed by atoms with Crippen LogP contribution in [0.25, 0.3) is 11.0 Å². The highest BCUT2D eigenvalue weighted by Crippen LogP contribution is 2.18. The van der Waals surface area contributed by atoms with Crippen molar-refractivity contribution in [3.05, 3.63) is 39.3 Å². The van der Waals surface area contributed by atoms with Gasteiger partial charge in [0.1, 0.15) is 12.2 Å². The molecular formula is C20H30N4O5. The fourth-order valence-electron chi connectivity index (χ4n) is 2.92. The first-order valence-corrected chi connectivity index (χ1v) is 9.51. The Labute approximate surface area is 169 Å². The van der Waals surface area contributed by atoms with E-state index in [1.807, 2.05) is 32.8 Å². The zero-order valence-electron chi connectivity index (χ0n) is 17.5. The summed E-state index contributed by atoms with van der Waals surface area (Å²) in [5.41, 5.74) is 1.79. The van der Waals surface area contributed by atoms with Gasteiger partial charge >= 0.3 is 0 Å². The van der Waals surface area contributed by atoms with Crippen LogP contribution in [-0.4, -0.2) is 81.2 Å². The van der Waals surface area contributed by atoms with E-state index in [0.29, 0.717) is 24.1 Å². The normalized spacial score (nSPS) is 14.8. The second-order valence-corrected chi connectivity index (χ2v) is 7.66. The molecule has 0 unspecified atom stereocenters. The van der Waals surface area contributed by atoms with Crippen molar-refractivity contribution >= 4 is 16.9 Å². The van der Waals surface area contributed by atoms with Crippen molar-refractivity contribution in [1.29, 1.82) is 0 Å². The van der Waals surface area contributed by atoms with Crippen LogP contribution < -0.4 is 10.9 Å². The Balaban J connectivity index is 2.54. The van der Waals surface area contributed by atoms with Gasteiger partial charge in [0.25, 0.3) is 11.5 Å². The molecule has 160 valence electrons. The molecule has 0 aliphatic heterocycles. The number of aryl methyl sites for hydroxylation is 2. The van der Waals surface area contributed by atoms with Gasteiger partial charge < -0.3 is 30.1 Å². The van der Waals surface area contributed by atoms with Crippen LogP contribution in [0.3, 0.4) is 0 Å². The molecule has 0 saturated heterocycles. The Morgan fingerprint density at radius 1 is 1.21 bits per heavy atom. The standard InChI is InChI=1S/C20H30N4O5/c1-11-8-14-15(9-12(11)2)24(10-16(26)18(27)13(3)25)20(29)17(22-14)19(28)21-6-7-23(4)5/h8-9,13,16,18,25-27H,6-7,10H2,1-5H3,(H,21,28)/t13-,16+,18-/m1/s1. The average molecular weight is 406 g/mol. The second-order valence-electron chi connectivity index (χ2n) is 7.66. The van der Waals surface area contributed by atoms with Crippen molar-refractivity contribution in [2.45, 2.75) is 45.6 Å². The summed E-state index contributed by atoms with van der Waals surface area (Å²) < 4.78 is 1.23. The summed E-state index contributed by atoms with van der Waals surface area (Å²) in [7, 11) is 3.74.